The molecule has 132 valence electrons. The first kappa shape index (κ1) is 16.7. The minimum atomic E-state index is -0.536. The number of carbonyl (C=O) groups excluding carboxylic acids is 1. The van der Waals surface area contributed by atoms with Crippen molar-refractivity contribution in [3.05, 3.63) is 64.8 Å². The minimum Gasteiger partial charge on any atom is -0.339 e. The van der Waals surface area contributed by atoms with Crippen molar-refractivity contribution in [3.63, 3.8) is 0 Å². The fraction of sp³-hybridized carbons (Fsp3) is 0.211. The van der Waals surface area contributed by atoms with Crippen LogP contribution < -0.4 is 5.32 Å². The SMILES string of the molecule is O=C(Nc1ccc(F)c(Cl)c1)c1cccc(-c2noc(C3CCC3)n2)c1. The number of anilines is 1. The average molecular weight is 372 g/mol. The zero-order valence-corrected chi connectivity index (χ0v) is 14.5. The van der Waals surface area contributed by atoms with Crippen LogP contribution in [0, 0.1) is 5.82 Å². The van der Waals surface area contributed by atoms with Crippen molar-refractivity contribution in [2.24, 2.45) is 0 Å². The fourth-order valence-corrected chi connectivity index (χ4v) is 2.93. The summed E-state index contributed by atoms with van der Waals surface area (Å²) in [6, 6.07) is 11.0. The molecule has 5 nitrogen and oxygen atoms in total. The Bertz CT molecular complexity index is 969. The van der Waals surface area contributed by atoms with Gasteiger partial charge in [-0.25, -0.2) is 4.39 Å². The Kier molecular flexibility index (Phi) is 4.42. The quantitative estimate of drug-likeness (QED) is 0.696. The highest BCUT2D eigenvalue weighted by Crippen LogP contribution is 2.36. The van der Waals surface area contributed by atoms with E-state index in [4.69, 9.17) is 16.1 Å². The Balaban J connectivity index is 1.53. The number of nitrogens with one attached hydrogen (secondary N) is 1. The first-order valence-corrected chi connectivity index (χ1v) is 8.68. The molecule has 1 fully saturated rings. The first-order valence-electron chi connectivity index (χ1n) is 8.30. The van der Waals surface area contributed by atoms with E-state index in [2.05, 4.69) is 15.5 Å². The molecule has 0 bridgehead atoms. The van der Waals surface area contributed by atoms with E-state index in [0.717, 1.165) is 12.8 Å². The second kappa shape index (κ2) is 6.88. The van der Waals surface area contributed by atoms with Crippen molar-refractivity contribution in [2.75, 3.05) is 5.32 Å². The molecule has 2 aromatic carbocycles. The second-order valence-electron chi connectivity index (χ2n) is 6.25. The highest BCUT2D eigenvalue weighted by Gasteiger charge is 2.25. The molecule has 0 aliphatic heterocycles. The third kappa shape index (κ3) is 3.32. The topological polar surface area (TPSA) is 68.0 Å². The average Bonchev–Trinajstić information content (AvgIpc) is 3.06. The van der Waals surface area contributed by atoms with E-state index in [-0.39, 0.29) is 10.9 Å². The normalized spacial score (nSPS) is 14.1. The Morgan fingerprint density at radius 3 is 2.81 bits per heavy atom. The van der Waals surface area contributed by atoms with Gasteiger partial charge in [0.2, 0.25) is 11.7 Å². The van der Waals surface area contributed by atoms with E-state index >= 15 is 0 Å². The Morgan fingerprint density at radius 1 is 1.23 bits per heavy atom. The number of hydrogen-bond donors (Lipinski definition) is 1. The summed E-state index contributed by atoms with van der Waals surface area (Å²) >= 11 is 5.74. The van der Waals surface area contributed by atoms with Gasteiger partial charge in [0.05, 0.1) is 5.02 Å². The van der Waals surface area contributed by atoms with Gasteiger partial charge in [-0.05, 0) is 43.2 Å². The molecule has 1 aliphatic rings. The molecule has 1 N–H and O–H groups in total. The van der Waals surface area contributed by atoms with E-state index in [0.29, 0.717) is 34.4 Å². The number of aromatic nitrogens is 2. The predicted octanol–water partition coefficient (Wildman–Crippen LogP) is 5.05. The summed E-state index contributed by atoms with van der Waals surface area (Å²) in [7, 11) is 0. The molecule has 1 amide bonds. The molecule has 1 aromatic heterocycles. The maximum Gasteiger partial charge on any atom is 0.255 e. The van der Waals surface area contributed by atoms with E-state index in [1.54, 1.807) is 18.2 Å². The summed E-state index contributed by atoms with van der Waals surface area (Å²) in [5, 5.41) is 6.66. The molecule has 0 atom stereocenters. The fourth-order valence-electron chi connectivity index (χ4n) is 2.75. The third-order valence-electron chi connectivity index (χ3n) is 4.46. The molecule has 1 saturated carbocycles. The number of halogens is 2. The van der Waals surface area contributed by atoms with Gasteiger partial charge in [-0.15, -0.1) is 0 Å². The minimum absolute atomic E-state index is 0.0492. The van der Waals surface area contributed by atoms with Gasteiger partial charge in [0, 0.05) is 22.7 Å². The van der Waals surface area contributed by atoms with Crippen LogP contribution in [-0.2, 0) is 0 Å². The van der Waals surface area contributed by atoms with E-state index in [9.17, 15) is 9.18 Å². The molecule has 4 rings (SSSR count). The molecular weight excluding hydrogens is 357 g/mol. The zero-order chi connectivity index (χ0) is 18.1. The number of hydrogen-bond acceptors (Lipinski definition) is 4. The van der Waals surface area contributed by atoms with Gasteiger partial charge in [-0.1, -0.05) is 35.3 Å². The van der Waals surface area contributed by atoms with Gasteiger partial charge in [-0.2, -0.15) is 4.98 Å². The first-order chi connectivity index (χ1) is 12.6. The zero-order valence-electron chi connectivity index (χ0n) is 13.7. The number of benzene rings is 2. The van der Waals surface area contributed by atoms with Crippen molar-refractivity contribution in [2.45, 2.75) is 25.2 Å². The van der Waals surface area contributed by atoms with Crippen LogP contribution >= 0.6 is 11.6 Å². The molecule has 0 saturated heterocycles. The highest BCUT2D eigenvalue weighted by molar-refractivity contribution is 6.31. The third-order valence-corrected chi connectivity index (χ3v) is 4.75. The number of rotatable bonds is 4. The van der Waals surface area contributed by atoms with Crippen LogP contribution in [0.25, 0.3) is 11.4 Å². The van der Waals surface area contributed by atoms with Crippen LogP contribution in [0.3, 0.4) is 0 Å². The van der Waals surface area contributed by atoms with Crippen LogP contribution in [-0.4, -0.2) is 16.0 Å². The highest BCUT2D eigenvalue weighted by atomic mass is 35.5. The summed E-state index contributed by atoms with van der Waals surface area (Å²) in [5.74, 6) is 0.600. The summed E-state index contributed by atoms with van der Waals surface area (Å²) in [5.41, 5.74) is 1.54. The monoisotopic (exact) mass is 371 g/mol. The molecule has 0 spiro atoms. The summed E-state index contributed by atoms with van der Waals surface area (Å²) in [6.07, 6.45) is 3.33. The molecule has 7 heteroatoms. The molecular formula is C19H15ClFN3O2. The maximum atomic E-state index is 13.2. The van der Waals surface area contributed by atoms with Gasteiger partial charge in [0.25, 0.3) is 5.91 Å². The van der Waals surface area contributed by atoms with Gasteiger partial charge in [0.15, 0.2) is 0 Å². The molecule has 0 radical (unpaired) electrons. The van der Waals surface area contributed by atoms with Crippen molar-refractivity contribution >= 4 is 23.2 Å². The van der Waals surface area contributed by atoms with Crippen LogP contribution in [0.4, 0.5) is 10.1 Å². The number of carbonyl (C=O) groups is 1. The van der Waals surface area contributed by atoms with Gasteiger partial charge < -0.3 is 9.84 Å². The van der Waals surface area contributed by atoms with Crippen molar-refractivity contribution in [1.29, 1.82) is 0 Å². The lowest BCUT2D eigenvalue weighted by molar-refractivity contribution is 0.102. The summed E-state index contributed by atoms with van der Waals surface area (Å²) < 4.78 is 18.6. The lowest BCUT2D eigenvalue weighted by Crippen LogP contribution is -2.12. The number of amides is 1. The number of nitrogens with zero attached hydrogens (tertiary/aromatic N) is 2. The van der Waals surface area contributed by atoms with Gasteiger partial charge in [-0.3, -0.25) is 4.79 Å². The van der Waals surface area contributed by atoms with E-state index in [1.165, 1.54) is 24.6 Å². The lowest BCUT2D eigenvalue weighted by Gasteiger charge is -2.20. The standard InChI is InChI=1S/C19H15ClFN3O2/c20-15-10-14(7-8-16(15)21)22-18(25)13-6-2-5-12(9-13)17-23-19(26-24-17)11-3-1-4-11/h2,5-11H,1,3-4H2,(H,22,25). The van der Waals surface area contributed by atoms with Crippen LogP contribution in [0.5, 0.6) is 0 Å². The molecule has 0 unspecified atom stereocenters. The Hall–Kier alpha value is -2.73. The van der Waals surface area contributed by atoms with Crippen LogP contribution in [0.2, 0.25) is 5.02 Å². The lowest BCUT2D eigenvalue weighted by atomic mass is 9.85. The van der Waals surface area contributed by atoms with E-state index in [1.807, 2.05) is 6.07 Å². The maximum absolute atomic E-state index is 13.2. The van der Waals surface area contributed by atoms with Crippen molar-refractivity contribution in [3.8, 4) is 11.4 Å². The molecule has 26 heavy (non-hydrogen) atoms. The Labute approximate surface area is 154 Å². The van der Waals surface area contributed by atoms with Gasteiger partial charge >= 0.3 is 0 Å². The second-order valence-corrected chi connectivity index (χ2v) is 6.66. The Morgan fingerprint density at radius 2 is 2.08 bits per heavy atom. The van der Waals surface area contributed by atoms with Crippen molar-refractivity contribution in [1.82, 2.24) is 10.1 Å². The van der Waals surface area contributed by atoms with E-state index < -0.39 is 5.82 Å². The van der Waals surface area contributed by atoms with Crippen molar-refractivity contribution < 1.29 is 13.7 Å². The molecule has 3 aromatic rings. The largest absolute Gasteiger partial charge is 0.339 e. The van der Waals surface area contributed by atoms with Gasteiger partial charge in [0.1, 0.15) is 5.82 Å². The summed E-state index contributed by atoms with van der Waals surface area (Å²) in [6.45, 7) is 0. The van der Waals surface area contributed by atoms with Crippen LogP contribution in [0.15, 0.2) is 47.0 Å². The molecule has 1 aliphatic carbocycles. The molecule has 1 heterocycles. The smallest absolute Gasteiger partial charge is 0.255 e. The summed E-state index contributed by atoms with van der Waals surface area (Å²) in [4.78, 5) is 16.9. The van der Waals surface area contributed by atoms with Crippen LogP contribution in [0.1, 0.15) is 41.4 Å². The predicted molar refractivity (Wildman–Crippen MR) is 95.7 cm³/mol.